The first-order chi connectivity index (χ1) is 16.1. The summed E-state index contributed by atoms with van der Waals surface area (Å²) in [7, 11) is 4.11. The van der Waals surface area contributed by atoms with Gasteiger partial charge in [0.2, 0.25) is 0 Å². The molecule has 3 aromatic carbocycles. The van der Waals surface area contributed by atoms with Crippen molar-refractivity contribution in [3.8, 4) is 11.4 Å². The molecular weight excluding hydrogens is 544 g/mol. The maximum atomic E-state index is 3.50. The molecule has 3 nitrogen and oxygen atoms in total. The van der Waals surface area contributed by atoms with Crippen LogP contribution in [0.3, 0.4) is 0 Å². The van der Waals surface area contributed by atoms with Crippen molar-refractivity contribution >= 4 is 0 Å². The summed E-state index contributed by atoms with van der Waals surface area (Å²) < 4.78 is 5.56. The molecule has 1 heterocycles. The summed E-state index contributed by atoms with van der Waals surface area (Å²) in [6.07, 6.45) is 4.28. The van der Waals surface area contributed by atoms with E-state index < -0.39 is 0 Å². The maximum Gasteiger partial charge on any atom is -1.00 e. The van der Waals surface area contributed by atoms with E-state index in [1.54, 1.807) is 0 Å². The second-order valence-corrected chi connectivity index (χ2v) is 10.1. The Hall–Kier alpha value is -2.22. The van der Waals surface area contributed by atoms with Crippen molar-refractivity contribution in [3.05, 3.63) is 110 Å². The van der Waals surface area contributed by atoms with E-state index in [1.807, 2.05) is 18.2 Å². The average Bonchev–Trinajstić information content (AvgIpc) is 3.08. The topological polar surface area (TPSA) is 13.1 Å². The van der Waals surface area contributed by atoms with Crippen LogP contribution in [0.15, 0.2) is 60.9 Å². The predicted molar refractivity (Wildman–Crippen MR) is 139 cm³/mol. The van der Waals surface area contributed by atoms with Gasteiger partial charge in [-0.15, -0.1) is 5.56 Å². The van der Waals surface area contributed by atoms with Gasteiger partial charge in [-0.3, -0.25) is 0 Å². The molecular formula is C30H36ClN3Pd-2. The molecule has 0 radical (unpaired) electrons. The second kappa shape index (κ2) is 12.7. The zero-order valence-electron chi connectivity index (χ0n) is 22.0. The fourth-order valence-corrected chi connectivity index (χ4v) is 5.24. The minimum Gasteiger partial charge on any atom is -1.00 e. The van der Waals surface area contributed by atoms with Gasteiger partial charge in [-0.1, -0.05) is 0 Å². The van der Waals surface area contributed by atoms with Crippen LogP contribution >= 0.6 is 0 Å². The average molecular weight is 581 g/mol. The molecule has 0 saturated carbocycles. The van der Waals surface area contributed by atoms with Gasteiger partial charge in [0.15, 0.2) is 0 Å². The molecule has 0 atom stereocenters. The van der Waals surface area contributed by atoms with Crippen molar-refractivity contribution < 1.29 is 31.2 Å². The van der Waals surface area contributed by atoms with Gasteiger partial charge in [0.1, 0.15) is 0 Å². The molecule has 1 aromatic heterocycles. The molecule has 190 valence electrons. The van der Waals surface area contributed by atoms with Crippen LogP contribution in [0.2, 0.25) is 0 Å². The minimum absolute atomic E-state index is 0. The molecule has 0 amide bonds. The maximum absolute atomic E-state index is 3.50. The van der Waals surface area contributed by atoms with Crippen molar-refractivity contribution in [2.45, 2.75) is 48.1 Å². The molecule has 0 spiro atoms. The van der Waals surface area contributed by atoms with Gasteiger partial charge < -0.3 is 17.3 Å². The monoisotopic (exact) mass is 579 g/mol. The fourth-order valence-electron chi connectivity index (χ4n) is 4.66. The largest absolute Gasteiger partial charge is 1.00 e. The van der Waals surface area contributed by atoms with Gasteiger partial charge in [-0.2, -0.15) is 30.3 Å². The predicted octanol–water partition coefficient (Wildman–Crippen LogP) is 3.75. The normalized spacial score (nSPS) is 10.6. The standard InChI is InChI=1S/C21H24N2.C9H12N.ClH.Pd/c1-14-9-16(3)20(17(4)10-14)22-7-8-23(13-22)21-18(5)11-15(2)12-19(21)6;1-10(2)8-9-6-4-3-5-7-9;;/h7-12H,1-6H3;3-6H,8H2,1-2H3;1H;/q;-1;;/p-1. The Morgan fingerprint density at radius 3 is 1.51 bits per heavy atom. The number of hydrogen-bond acceptors (Lipinski definition) is 1. The Kier molecular flexibility index (Phi) is 10.5. The van der Waals surface area contributed by atoms with Gasteiger partial charge in [-0.05, 0) is 14.1 Å². The molecule has 0 aliphatic rings. The van der Waals surface area contributed by atoms with Crippen LogP contribution in [0.25, 0.3) is 11.4 Å². The SMILES string of the molecule is CN(C)Cc1[c-]cccc1.Cc1cc(C)c(-n2ccn(-c3c(C)cc(C)cc3C)[c]2=[Pd])c(C)c1.[Cl-]. The number of hydrogen-bond donors (Lipinski definition) is 0. The van der Waals surface area contributed by atoms with Crippen molar-refractivity contribution in [2.24, 2.45) is 0 Å². The van der Waals surface area contributed by atoms with Crippen LogP contribution in [0.1, 0.15) is 38.9 Å². The Morgan fingerprint density at radius 2 is 1.17 bits per heavy atom. The summed E-state index contributed by atoms with van der Waals surface area (Å²) in [5.74, 6) is 0. The van der Waals surface area contributed by atoms with Gasteiger partial charge in [-0.25, -0.2) is 0 Å². The van der Waals surface area contributed by atoms with Gasteiger partial charge in [0, 0.05) is 6.54 Å². The molecule has 0 unspecified atom stereocenters. The minimum atomic E-state index is 0. The Bertz CT molecular complexity index is 1210. The van der Waals surface area contributed by atoms with Crippen molar-refractivity contribution in [1.82, 2.24) is 14.0 Å². The number of aryl methyl sites for hydroxylation is 6. The number of halogens is 1. The molecule has 5 heteroatoms. The molecule has 0 fully saturated rings. The van der Waals surface area contributed by atoms with Crippen molar-refractivity contribution in [2.75, 3.05) is 14.1 Å². The van der Waals surface area contributed by atoms with E-state index in [2.05, 4.69) is 137 Å². The zero-order valence-corrected chi connectivity index (χ0v) is 24.3. The van der Waals surface area contributed by atoms with Crippen molar-refractivity contribution in [3.63, 3.8) is 0 Å². The number of imidazole rings is 1. The van der Waals surface area contributed by atoms with Crippen LogP contribution in [0.4, 0.5) is 0 Å². The first kappa shape index (κ1) is 29.0. The second-order valence-electron chi connectivity index (χ2n) is 9.40. The van der Waals surface area contributed by atoms with E-state index in [1.165, 1.54) is 50.3 Å². The summed E-state index contributed by atoms with van der Waals surface area (Å²) in [6.45, 7) is 14.0. The summed E-state index contributed by atoms with van der Waals surface area (Å²) in [6, 6.07) is 20.2. The third-order valence-corrected chi connectivity index (χ3v) is 6.49. The van der Waals surface area contributed by atoms with Crippen LogP contribution < -0.4 is 12.4 Å². The molecule has 35 heavy (non-hydrogen) atoms. The number of benzene rings is 3. The summed E-state index contributed by atoms with van der Waals surface area (Å²) in [5, 5.41) is 0. The number of nitrogens with zero attached hydrogens (tertiary/aromatic N) is 3. The molecule has 0 aliphatic heterocycles. The van der Waals surface area contributed by atoms with E-state index in [0.29, 0.717) is 0 Å². The summed E-state index contributed by atoms with van der Waals surface area (Å²) in [5.41, 5.74) is 11.5. The van der Waals surface area contributed by atoms with E-state index >= 15 is 0 Å². The third kappa shape index (κ3) is 7.15. The first-order valence-electron chi connectivity index (χ1n) is 11.6. The Morgan fingerprint density at radius 1 is 0.743 bits per heavy atom. The van der Waals surface area contributed by atoms with Crippen LogP contribution in [-0.4, -0.2) is 28.1 Å². The molecule has 0 bridgehead atoms. The van der Waals surface area contributed by atoms with E-state index in [9.17, 15) is 0 Å². The van der Waals surface area contributed by atoms with Gasteiger partial charge >= 0.3 is 155 Å². The van der Waals surface area contributed by atoms with Crippen LogP contribution in [0, 0.1) is 51.5 Å². The smallest absolute Gasteiger partial charge is 1.00 e. The summed E-state index contributed by atoms with van der Waals surface area (Å²) >= 11 is 3.50. The van der Waals surface area contributed by atoms with Gasteiger partial charge in [0.05, 0.1) is 0 Å². The fraction of sp³-hybridized carbons (Fsp3) is 0.300. The van der Waals surface area contributed by atoms with E-state index in [4.69, 9.17) is 0 Å². The quantitative estimate of drug-likeness (QED) is 0.265. The zero-order chi connectivity index (χ0) is 25.0. The first-order valence-corrected chi connectivity index (χ1v) is 12.4. The van der Waals surface area contributed by atoms with Crippen LogP contribution in [-0.2, 0) is 25.3 Å². The molecule has 0 N–H and O–H groups in total. The van der Waals surface area contributed by atoms with E-state index in [0.717, 1.165) is 10.4 Å². The molecule has 0 saturated heterocycles. The Labute approximate surface area is 227 Å². The Balaban J connectivity index is 0.000000332. The molecule has 4 aromatic rings. The number of rotatable bonds is 4. The third-order valence-electron chi connectivity index (χ3n) is 5.75. The summed E-state index contributed by atoms with van der Waals surface area (Å²) in [4.78, 5) is 2.13. The van der Waals surface area contributed by atoms with Gasteiger partial charge in [0.25, 0.3) is 0 Å². The van der Waals surface area contributed by atoms with Crippen LogP contribution in [0.5, 0.6) is 0 Å². The van der Waals surface area contributed by atoms with E-state index in [-0.39, 0.29) is 12.4 Å². The molecule has 0 aliphatic carbocycles. The number of aromatic nitrogens is 2. The van der Waals surface area contributed by atoms with Crippen molar-refractivity contribution in [1.29, 1.82) is 0 Å². The molecule has 4 rings (SSSR count).